The van der Waals surface area contributed by atoms with Gasteiger partial charge in [-0.2, -0.15) is 0 Å². The maximum Gasteiger partial charge on any atom is 0.239 e. The molecule has 0 unspecified atom stereocenters. The molecule has 0 saturated carbocycles. The molecule has 0 aliphatic heterocycles. The minimum Gasteiger partial charge on any atom is -0.355 e. The summed E-state index contributed by atoms with van der Waals surface area (Å²) in [7, 11) is 0. The summed E-state index contributed by atoms with van der Waals surface area (Å²) >= 11 is 5.79. The topological polar surface area (TPSA) is 58.2 Å². The van der Waals surface area contributed by atoms with Crippen LogP contribution in [-0.2, 0) is 16.0 Å². The summed E-state index contributed by atoms with van der Waals surface area (Å²) < 4.78 is 13.4. The predicted molar refractivity (Wildman–Crippen MR) is 66.8 cm³/mol. The third-order valence-corrected chi connectivity index (χ3v) is 2.57. The van der Waals surface area contributed by atoms with E-state index in [1.165, 1.54) is 18.2 Å². The minimum atomic E-state index is -0.532. The SMILES string of the molecule is CCNC(=O)CNC(=O)Cc1c(F)cccc1Cl. The molecule has 4 nitrogen and oxygen atoms in total. The summed E-state index contributed by atoms with van der Waals surface area (Å²) in [5, 5.41) is 5.12. The molecule has 0 fully saturated rings. The van der Waals surface area contributed by atoms with Crippen molar-refractivity contribution < 1.29 is 14.0 Å². The van der Waals surface area contributed by atoms with Gasteiger partial charge in [0, 0.05) is 17.1 Å². The predicted octanol–water partition coefficient (Wildman–Crippen LogP) is 1.27. The van der Waals surface area contributed by atoms with Gasteiger partial charge >= 0.3 is 0 Å². The Morgan fingerprint density at radius 2 is 2.00 bits per heavy atom. The van der Waals surface area contributed by atoms with Crippen molar-refractivity contribution in [1.29, 1.82) is 0 Å². The Balaban J connectivity index is 2.52. The fraction of sp³-hybridized carbons (Fsp3) is 0.333. The Bertz CT molecular complexity index is 431. The van der Waals surface area contributed by atoms with Gasteiger partial charge in [-0.3, -0.25) is 9.59 Å². The first-order valence-electron chi connectivity index (χ1n) is 5.51. The van der Waals surface area contributed by atoms with Gasteiger partial charge in [0.25, 0.3) is 0 Å². The van der Waals surface area contributed by atoms with Gasteiger partial charge in [-0.25, -0.2) is 4.39 Å². The molecule has 0 aliphatic rings. The first-order chi connectivity index (χ1) is 8.54. The number of nitrogens with one attached hydrogen (secondary N) is 2. The lowest BCUT2D eigenvalue weighted by atomic mass is 10.1. The van der Waals surface area contributed by atoms with Gasteiger partial charge in [-0.05, 0) is 19.1 Å². The highest BCUT2D eigenvalue weighted by molar-refractivity contribution is 6.31. The molecule has 0 bridgehead atoms. The summed E-state index contributed by atoms with van der Waals surface area (Å²) in [6, 6.07) is 4.21. The van der Waals surface area contributed by atoms with Crippen LogP contribution in [0.25, 0.3) is 0 Å². The zero-order valence-corrected chi connectivity index (χ0v) is 10.7. The third-order valence-electron chi connectivity index (χ3n) is 2.22. The molecular formula is C12H14ClFN2O2. The number of likely N-dealkylation sites (N-methyl/N-ethyl adjacent to an activating group) is 1. The second-order valence-electron chi connectivity index (χ2n) is 3.61. The van der Waals surface area contributed by atoms with Crippen molar-refractivity contribution in [2.75, 3.05) is 13.1 Å². The molecule has 0 aromatic heterocycles. The van der Waals surface area contributed by atoms with Crippen LogP contribution in [0.1, 0.15) is 12.5 Å². The quantitative estimate of drug-likeness (QED) is 0.848. The number of carbonyl (C=O) groups excluding carboxylic acids is 2. The van der Waals surface area contributed by atoms with Crippen molar-refractivity contribution in [3.63, 3.8) is 0 Å². The molecule has 18 heavy (non-hydrogen) atoms. The minimum absolute atomic E-state index is 0.126. The van der Waals surface area contributed by atoms with Gasteiger partial charge in [0.2, 0.25) is 11.8 Å². The summed E-state index contributed by atoms with van der Waals surface area (Å²) in [6.45, 7) is 2.14. The zero-order valence-electron chi connectivity index (χ0n) is 9.93. The van der Waals surface area contributed by atoms with E-state index in [0.29, 0.717) is 6.54 Å². The molecule has 1 rings (SSSR count). The molecule has 6 heteroatoms. The van der Waals surface area contributed by atoms with E-state index in [1.807, 2.05) is 0 Å². The van der Waals surface area contributed by atoms with Crippen LogP contribution in [0.5, 0.6) is 0 Å². The molecule has 0 heterocycles. The van der Waals surface area contributed by atoms with Crippen molar-refractivity contribution in [3.8, 4) is 0 Å². The zero-order chi connectivity index (χ0) is 13.5. The van der Waals surface area contributed by atoms with Crippen molar-refractivity contribution >= 4 is 23.4 Å². The molecule has 1 aromatic rings. The maximum absolute atomic E-state index is 13.4. The Morgan fingerprint density at radius 3 is 2.61 bits per heavy atom. The Morgan fingerprint density at radius 1 is 1.28 bits per heavy atom. The highest BCUT2D eigenvalue weighted by atomic mass is 35.5. The number of benzene rings is 1. The lowest BCUT2D eigenvalue weighted by Gasteiger charge is -2.07. The lowest BCUT2D eigenvalue weighted by Crippen LogP contribution is -2.37. The van der Waals surface area contributed by atoms with Gasteiger partial charge in [0.15, 0.2) is 0 Å². The van der Waals surface area contributed by atoms with Gasteiger partial charge in [-0.15, -0.1) is 0 Å². The Hall–Kier alpha value is -1.62. The number of amides is 2. The van der Waals surface area contributed by atoms with Crippen LogP contribution in [-0.4, -0.2) is 24.9 Å². The smallest absolute Gasteiger partial charge is 0.239 e. The molecule has 1 aromatic carbocycles. The molecule has 98 valence electrons. The van der Waals surface area contributed by atoms with Gasteiger partial charge < -0.3 is 10.6 Å². The fourth-order valence-corrected chi connectivity index (χ4v) is 1.59. The van der Waals surface area contributed by atoms with E-state index < -0.39 is 11.7 Å². The average molecular weight is 273 g/mol. The second kappa shape index (κ2) is 6.96. The number of carbonyl (C=O) groups is 2. The van der Waals surface area contributed by atoms with E-state index in [2.05, 4.69) is 10.6 Å². The van der Waals surface area contributed by atoms with Crippen LogP contribution in [0.4, 0.5) is 4.39 Å². The maximum atomic E-state index is 13.4. The number of hydrogen-bond donors (Lipinski definition) is 2. The monoisotopic (exact) mass is 272 g/mol. The third kappa shape index (κ3) is 4.33. The van der Waals surface area contributed by atoms with Gasteiger partial charge in [-0.1, -0.05) is 17.7 Å². The van der Waals surface area contributed by atoms with Crippen LogP contribution in [0.2, 0.25) is 5.02 Å². The summed E-state index contributed by atoms with van der Waals surface area (Å²) in [4.78, 5) is 22.6. The summed E-state index contributed by atoms with van der Waals surface area (Å²) in [5.74, 6) is -1.27. The molecular weight excluding hydrogens is 259 g/mol. The van der Waals surface area contributed by atoms with Crippen molar-refractivity contribution in [2.24, 2.45) is 0 Å². The van der Waals surface area contributed by atoms with E-state index in [9.17, 15) is 14.0 Å². The number of hydrogen-bond acceptors (Lipinski definition) is 2. The van der Waals surface area contributed by atoms with E-state index in [4.69, 9.17) is 11.6 Å². The summed E-state index contributed by atoms with van der Waals surface area (Å²) in [5.41, 5.74) is 0.132. The van der Waals surface area contributed by atoms with E-state index in [0.717, 1.165) is 0 Å². The molecule has 0 atom stereocenters. The molecule has 2 amide bonds. The van der Waals surface area contributed by atoms with Crippen LogP contribution in [0, 0.1) is 5.82 Å². The highest BCUT2D eigenvalue weighted by Crippen LogP contribution is 2.19. The Kier molecular flexibility index (Phi) is 5.58. The molecule has 0 aliphatic carbocycles. The molecule has 0 radical (unpaired) electrons. The van der Waals surface area contributed by atoms with Crippen LogP contribution >= 0.6 is 11.6 Å². The van der Waals surface area contributed by atoms with E-state index >= 15 is 0 Å². The van der Waals surface area contributed by atoms with E-state index in [1.54, 1.807) is 6.92 Å². The van der Waals surface area contributed by atoms with Crippen LogP contribution in [0.3, 0.4) is 0 Å². The van der Waals surface area contributed by atoms with Crippen LogP contribution < -0.4 is 10.6 Å². The normalized spacial score (nSPS) is 9.94. The Labute approximate surface area is 110 Å². The van der Waals surface area contributed by atoms with Gasteiger partial charge in [0.05, 0.1) is 13.0 Å². The van der Waals surface area contributed by atoms with Crippen molar-refractivity contribution in [2.45, 2.75) is 13.3 Å². The number of halogens is 2. The first kappa shape index (κ1) is 14.4. The van der Waals surface area contributed by atoms with Crippen LogP contribution in [0.15, 0.2) is 18.2 Å². The lowest BCUT2D eigenvalue weighted by molar-refractivity contribution is -0.125. The highest BCUT2D eigenvalue weighted by Gasteiger charge is 2.12. The van der Waals surface area contributed by atoms with Gasteiger partial charge in [0.1, 0.15) is 5.82 Å². The summed E-state index contributed by atoms with van der Waals surface area (Å²) in [6.07, 6.45) is -0.190. The van der Waals surface area contributed by atoms with E-state index in [-0.39, 0.29) is 29.5 Å². The first-order valence-corrected chi connectivity index (χ1v) is 5.88. The molecule has 2 N–H and O–H groups in total. The second-order valence-corrected chi connectivity index (χ2v) is 4.01. The standard InChI is InChI=1S/C12H14ClFN2O2/c1-2-15-12(18)7-16-11(17)6-8-9(13)4-3-5-10(8)14/h3-5H,2,6-7H2,1H3,(H,15,18)(H,16,17). The average Bonchev–Trinajstić information content (AvgIpc) is 2.32. The molecule has 0 saturated heterocycles. The molecule has 0 spiro atoms. The number of rotatable bonds is 5. The van der Waals surface area contributed by atoms with Crippen molar-refractivity contribution in [1.82, 2.24) is 10.6 Å². The fourth-order valence-electron chi connectivity index (χ4n) is 1.36. The largest absolute Gasteiger partial charge is 0.355 e. The van der Waals surface area contributed by atoms with Crippen molar-refractivity contribution in [3.05, 3.63) is 34.6 Å².